The van der Waals surface area contributed by atoms with Crippen LogP contribution in [0.15, 0.2) is 91.0 Å². The highest BCUT2D eigenvalue weighted by Gasteiger charge is 2.44. The monoisotopic (exact) mass is 403 g/mol. The van der Waals surface area contributed by atoms with E-state index in [2.05, 4.69) is 108 Å². The molecule has 1 heterocycles. The van der Waals surface area contributed by atoms with Gasteiger partial charge in [0.25, 0.3) is 0 Å². The van der Waals surface area contributed by atoms with Gasteiger partial charge in [-0.2, -0.15) is 0 Å². The molecule has 2 nitrogen and oxygen atoms in total. The molecule has 0 bridgehead atoms. The topological polar surface area (TPSA) is 6.48 Å². The molecule has 0 aliphatic carbocycles. The number of benzene rings is 3. The van der Waals surface area contributed by atoms with E-state index in [9.17, 15) is 0 Å². The van der Waals surface area contributed by atoms with Crippen molar-refractivity contribution < 1.29 is 0 Å². The van der Waals surface area contributed by atoms with Crippen molar-refractivity contribution in [2.75, 3.05) is 45.9 Å². The second-order valence-corrected chi connectivity index (χ2v) is 11.7. The van der Waals surface area contributed by atoms with Gasteiger partial charge >= 0.3 is 0 Å². The number of likely N-dealkylation sites (N-methyl/N-ethyl adjacent to an activating group) is 1. The molecule has 150 valence electrons. The average molecular weight is 404 g/mol. The van der Waals surface area contributed by atoms with Crippen LogP contribution >= 0.6 is 7.26 Å². The number of hydrogen-bond acceptors (Lipinski definition) is 2. The first-order valence-electron chi connectivity index (χ1n) is 10.7. The minimum absolute atomic E-state index is 1.19. The van der Waals surface area contributed by atoms with Crippen LogP contribution in [0.4, 0.5) is 0 Å². The molecule has 0 atom stereocenters. The summed E-state index contributed by atoms with van der Waals surface area (Å²) in [5.74, 6) is 0. The Balaban J connectivity index is 1.68. The fourth-order valence-corrected chi connectivity index (χ4v) is 8.81. The predicted molar refractivity (Wildman–Crippen MR) is 129 cm³/mol. The largest absolute Gasteiger partial charge is 0.304 e. The van der Waals surface area contributed by atoms with E-state index in [-0.39, 0.29) is 0 Å². The lowest BCUT2D eigenvalue weighted by Crippen LogP contribution is -2.45. The summed E-state index contributed by atoms with van der Waals surface area (Å²) >= 11 is 0. The van der Waals surface area contributed by atoms with Crippen molar-refractivity contribution in [3.8, 4) is 0 Å². The molecule has 1 saturated heterocycles. The fraction of sp³-hybridized carbons (Fsp3) is 0.308. The standard InChI is InChI=1S/C26H32N2P/c1-27-19-21-28(22-20-27)18-11-23-29(24-12-5-2-6-13-24,25-14-7-3-8-15-25)26-16-9-4-10-17-26/h2-10,12-17H,11,18-23H2,1H3/q+1. The third kappa shape index (κ3) is 4.61. The molecule has 3 aromatic carbocycles. The Morgan fingerprint density at radius 2 is 1.03 bits per heavy atom. The summed E-state index contributed by atoms with van der Waals surface area (Å²) in [7, 11) is 0.560. The first kappa shape index (κ1) is 20.3. The molecule has 3 aromatic rings. The van der Waals surface area contributed by atoms with Crippen molar-refractivity contribution in [2.45, 2.75) is 6.42 Å². The minimum atomic E-state index is -1.67. The summed E-state index contributed by atoms with van der Waals surface area (Å²) in [5.41, 5.74) is 0. The van der Waals surface area contributed by atoms with Crippen LogP contribution in [-0.4, -0.2) is 55.7 Å². The number of nitrogens with zero attached hydrogens (tertiary/aromatic N) is 2. The summed E-state index contributed by atoms with van der Waals surface area (Å²) < 4.78 is 0. The summed E-state index contributed by atoms with van der Waals surface area (Å²) in [6.45, 7) is 5.97. The van der Waals surface area contributed by atoms with Crippen LogP contribution in [-0.2, 0) is 0 Å². The van der Waals surface area contributed by atoms with Crippen LogP contribution in [0.25, 0.3) is 0 Å². The zero-order valence-electron chi connectivity index (χ0n) is 17.5. The first-order chi connectivity index (χ1) is 14.3. The van der Waals surface area contributed by atoms with E-state index < -0.39 is 7.26 Å². The normalized spacial score (nSPS) is 16.0. The zero-order valence-corrected chi connectivity index (χ0v) is 18.3. The van der Waals surface area contributed by atoms with Gasteiger partial charge in [-0.25, -0.2) is 0 Å². The lowest BCUT2D eigenvalue weighted by molar-refractivity contribution is 0.154. The van der Waals surface area contributed by atoms with Gasteiger partial charge in [0, 0.05) is 32.7 Å². The van der Waals surface area contributed by atoms with E-state index in [1.165, 1.54) is 61.2 Å². The molecule has 0 unspecified atom stereocenters. The highest BCUT2D eigenvalue weighted by Crippen LogP contribution is 2.55. The maximum atomic E-state index is 2.65. The van der Waals surface area contributed by atoms with E-state index in [4.69, 9.17) is 0 Å². The molecule has 0 aromatic heterocycles. The average Bonchev–Trinajstić information content (AvgIpc) is 2.80. The van der Waals surface area contributed by atoms with Crippen LogP contribution in [0, 0.1) is 0 Å². The van der Waals surface area contributed by atoms with Gasteiger partial charge in [-0.05, 0) is 49.9 Å². The van der Waals surface area contributed by atoms with Crippen LogP contribution < -0.4 is 15.9 Å². The van der Waals surface area contributed by atoms with Crippen molar-refractivity contribution in [1.82, 2.24) is 9.80 Å². The zero-order chi connectivity index (χ0) is 19.9. The Kier molecular flexibility index (Phi) is 6.77. The summed E-state index contributed by atoms with van der Waals surface area (Å²) in [4.78, 5) is 5.08. The molecule has 1 aliphatic rings. The lowest BCUT2D eigenvalue weighted by atomic mass is 10.3. The molecule has 29 heavy (non-hydrogen) atoms. The van der Waals surface area contributed by atoms with Crippen molar-refractivity contribution >= 4 is 23.2 Å². The minimum Gasteiger partial charge on any atom is -0.304 e. The lowest BCUT2D eigenvalue weighted by Gasteiger charge is -2.33. The van der Waals surface area contributed by atoms with Gasteiger partial charge in [0.1, 0.15) is 23.2 Å². The van der Waals surface area contributed by atoms with Gasteiger partial charge in [0.15, 0.2) is 0 Å². The summed E-state index contributed by atoms with van der Waals surface area (Å²) in [6.07, 6.45) is 2.45. The Morgan fingerprint density at radius 1 is 0.621 bits per heavy atom. The molecular formula is C26H32N2P+. The van der Waals surface area contributed by atoms with Crippen molar-refractivity contribution in [3.05, 3.63) is 91.0 Å². The third-order valence-electron chi connectivity index (χ3n) is 6.15. The van der Waals surface area contributed by atoms with Gasteiger partial charge < -0.3 is 9.80 Å². The molecule has 1 fully saturated rings. The van der Waals surface area contributed by atoms with Crippen molar-refractivity contribution in [2.24, 2.45) is 0 Å². The smallest absolute Gasteiger partial charge is 0.112 e. The predicted octanol–water partition coefficient (Wildman–Crippen LogP) is 3.62. The summed E-state index contributed by atoms with van der Waals surface area (Å²) in [6, 6.07) is 33.7. The van der Waals surface area contributed by atoms with Gasteiger partial charge in [0.2, 0.25) is 0 Å². The number of rotatable bonds is 7. The van der Waals surface area contributed by atoms with E-state index in [0.717, 1.165) is 0 Å². The Labute approximate surface area is 176 Å². The van der Waals surface area contributed by atoms with Crippen LogP contribution in [0.1, 0.15) is 6.42 Å². The van der Waals surface area contributed by atoms with E-state index in [0.29, 0.717) is 0 Å². The van der Waals surface area contributed by atoms with Crippen molar-refractivity contribution in [3.63, 3.8) is 0 Å². The van der Waals surface area contributed by atoms with Gasteiger partial charge in [-0.15, -0.1) is 0 Å². The maximum absolute atomic E-state index is 2.65. The molecule has 3 heteroatoms. The van der Waals surface area contributed by atoms with Gasteiger partial charge in [-0.3, -0.25) is 0 Å². The van der Waals surface area contributed by atoms with Crippen LogP contribution in [0.2, 0.25) is 0 Å². The second-order valence-electron chi connectivity index (χ2n) is 8.04. The van der Waals surface area contributed by atoms with Crippen molar-refractivity contribution in [1.29, 1.82) is 0 Å². The molecular weight excluding hydrogens is 371 g/mol. The van der Waals surface area contributed by atoms with E-state index in [1.54, 1.807) is 0 Å². The maximum Gasteiger partial charge on any atom is 0.112 e. The molecule has 4 rings (SSSR count). The second kappa shape index (κ2) is 9.67. The Morgan fingerprint density at radius 3 is 1.45 bits per heavy atom. The molecule has 0 spiro atoms. The Bertz CT molecular complexity index is 762. The number of piperazine rings is 1. The van der Waals surface area contributed by atoms with Gasteiger partial charge in [-0.1, -0.05) is 54.6 Å². The quantitative estimate of drug-likeness (QED) is 0.556. The Hall–Kier alpha value is -1.99. The van der Waals surface area contributed by atoms with E-state index >= 15 is 0 Å². The number of hydrogen-bond donors (Lipinski definition) is 0. The van der Waals surface area contributed by atoms with Crippen LogP contribution in [0.3, 0.4) is 0 Å². The molecule has 0 saturated carbocycles. The fourth-order valence-electron chi connectivity index (χ4n) is 4.48. The molecule has 0 N–H and O–H groups in total. The first-order valence-corrected chi connectivity index (χ1v) is 12.7. The molecule has 1 aliphatic heterocycles. The highest BCUT2D eigenvalue weighted by molar-refractivity contribution is 7.95. The SMILES string of the molecule is CN1CCN(CCC[P+](c2ccccc2)(c2ccccc2)c2ccccc2)CC1. The molecule has 0 radical (unpaired) electrons. The highest BCUT2D eigenvalue weighted by atomic mass is 31.2. The summed E-state index contributed by atoms with van der Waals surface area (Å²) in [5, 5.41) is 4.49. The van der Waals surface area contributed by atoms with Gasteiger partial charge in [0.05, 0.1) is 6.16 Å². The third-order valence-corrected chi connectivity index (χ3v) is 10.7. The van der Waals surface area contributed by atoms with Crippen LogP contribution in [0.5, 0.6) is 0 Å². The van der Waals surface area contributed by atoms with E-state index in [1.807, 2.05) is 0 Å². The molecule has 0 amide bonds.